The standard InChI is InChI=1S/C22H13ClF5N7O/c23-17-9-6-13(11-29-17)31-20-32-19(18-15(24)2-1-3-16(18)25)33-21(34-20)35-30-10-12-4-7-14(8-5-12)36-22(26,27)28/h1-11H,(H2,31,32,33,34,35)/b30-10+. The van der Waals surface area contributed by atoms with Crippen LogP contribution < -0.4 is 15.5 Å². The van der Waals surface area contributed by atoms with Crippen LogP contribution in [0.2, 0.25) is 5.15 Å². The van der Waals surface area contributed by atoms with E-state index in [9.17, 15) is 22.0 Å². The van der Waals surface area contributed by atoms with E-state index in [-0.39, 0.29) is 22.9 Å². The van der Waals surface area contributed by atoms with Gasteiger partial charge in [0.15, 0.2) is 5.82 Å². The Bertz CT molecular complexity index is 1360. The van der Waals surface area contributed by atoms with E-state index in [0.717, 1.165) is 24.3 Å². The van der Waals surface area contributed by atoms with Gasteiger partial charge in [0.25, 0.3) is 0 Å². The minimum absolute atomic E-state index is 0.0851. The summed E-state index contributed by atoms with van der Waals surface area (Å²) in [6.45, 7) is 0. The zero-order valence-electron chi connectivity index (χ0n) is 17.8. The third kappa shape index (κ3) is 6.60. The number of nitrogens with zero attached hydrogens (tertiary/aromatic N) is 5. The van der Waals surface area contributed by atoms with Gasteiger partial charge in [0, 0.05) is 0 Å². The highest BCUT2D eigenvalue weighted by Crippen LogP contribution is 2.26. The SMILES string of the molecule is Fc1cccc(F)c1-c1nc(N/N=C/c2ccc(OC(F)(F)F)cc2)nc(Nc2ccc(Cl)nc2)n1. The number of benzene rings is 2. The minimum Gasteiger partial charge on any atom is -0.406 e. The molecular weight excluding hydrogens is 509 g/mol. The third-order valence-electron chi connectivity index (χ3n) is 4.30. The average Bonchev–Trinajstić information content (AvgIpc) is 2.81. The number of hydrogen-bond donors (Lipinski definition) is 2. The zero-order valence-corrected chi connectivity index (χ0v) is 18.5. The molecule has 2 aromatic heterocycles. The number of hydrazone groups is 1. The summed E-state index contributed by atoms with van der Waals surface area (Å²) in [7, 11) is 0. The number of rotatable bonds is 7. The molecule has 0 bridgehead atoms. The van der Waals surface area contributed by atoms with Crippen molar-refractivity contribution < 1.29 is 26.7 Å². The Kier molecular flexibility index (Phi) is 7.20. The summed E-state index contributed by atoms with van der Waals surface area (Å²) in [5.41, 5.74) is 2.87. The van der Waals surface area contributed by atoms with Crippen molar-refractivity contribution in [3.8, 4) is 17.1 Å². The Morgan fingerprint density at radius 2 is 1.58 bits per heavy atom. The summed E-state index contributed by atoms with van der Waals surface area (Å²) in [5, 5.41) is 7.00. The Morgan fingerprint density at radius 3 is 2.22 bits per heavy atom. The van der Waals surface area contributed by atoms with Crippen LogP contribution in [0, 0.1) is 11.6 Å². The number of ether oxygens (including phenoxy) is 1. The van der Waals surface area contributed by atoms with Crippen LogP contribution in [0.15, 0.2) is 65.9 Å². The molecule has 0 aliphatic heterocycles. The van der Waals surface area contributed by atoms with E-state index in [0.29, 0.717) is 11.3 Å². The second-order valence-electron chi connectivity index (χ2n) is 6.88. The average molecular weight is 522 g/mol. The van der Waals surface area contributed by atoms with E-state index < -0.39 is 29.3 Å². The molecule has 184 valence electrons. The van der Waals surface area contributed by atoms with Gasteiger partial charge in [-0.3, -0.25) is 0 Å². The van der Waals surface area contributed by atoms with Crippen molar-refractivity contribution in [2.75, 3.05) is 10.7 Å². The van der Waals surface area contributed by atoms with E-state index >= 15 is 0 Å². The predicted molar refractivity (Wildman–Crippen MR) is 122 cm³/mol. The van der Waals surface area contributed by atoms with Crippen LogP contribution in [0.25, 0.3) is 11.4 Å². The second-order valence-corrected chi connectivity index (χ2v) is 7.27. The Balaban J connectivity index is 1.60. The smallest absolute Gasteiger partial charge is 0.406 e. The number of aromatic nitrogens is 4. The lowest BCUT2D eigenvalue weighted by atomic mass is 10.2. The van der Waals surface area contributed by atoms with Crippen LogP contribution in [0.3, 0.4) is 0 Å². The van der Waals surface area contributed by atoms with Gasteiger partial charge in [0.1, 0.15) is 22.5 Å². The molecule has 0 aliphatic carbocycles. The van der Waals surface area contributed by atoms with Gasteiger partial charge in [-0.1, -0.05) is 17.7 Å². The zero-order chi connectivity index (χ0) is 25.7. The maximum Gasteiger partial charge on any atom is 0.573 e. The summed E-state index contributed by atoms with van der Waals surface area (Å²) in [6, 6.07) is 11.3. The molecular formula is C22H13ClF5N7O. The van der Waals surface area contributed by atoms with Crippen molar-refractivity contribution in [1.29, 1.82) is 0 Å². The monoisotopic (exact) mass is 521 g/mol. The van der Waals surface area contributed by atoms with Crippen LogP contribution in [-0.2, 0) is 0 Å². The van der Waals surface area contributed by atoms with Crippen molar-refractivity contribution in [2.45, 2.75) is 6.36 Å². The quantitative estimate of drug-likeness (QED) is 0.134. The van der Waals surface area contributed by atoms with E-state index in [1.165, 1.54) is 36.7 Å². The maximum absolute atomic E-state index is 14.4. The van der Waals surface area contributed by atoms with Crippen LogP contribution >= 0.6 is 11.6 Å². The summed E-state index contributed by atoms with van der Waals surface area (Å²) < 4.78 is 69.4. The number of hydrogen-bond acceptors (Lipinski definition) is 8. The molecule has 36 heavy (non-hydrogen) atoms. The second kappa shape index (κ2) is 10.5. The summed E-state index contributed by atoms with van der Waals surface area (Å²) >= 11 is 5.78. The molecule has 0 saturated carbocycles. The number of alkyl halides is 3. The van der Waals surface area contributed by atoms with Crippen molar-refractivity contribution >= 4 is 35.4 Å². The molecule has 0 radical (unpaired) electrons. The molecule has 0 spiro atoms. The molecule has 2 heterocycles. The lowest BCUT2D eigenvalue weighted by molar-refractivity contribution is -0.274. The lowest BCUT2D eigenvalue weighted by Crippen LogP contribution is -2.17. The Hall–Kier alpha value is -4.39. The highest BCUT2D eigenvalue weighted by molar-refractivity contribution is 6.29. The fourth-order valence-electron chi connectivity index (χ4n) is 2.80. The molecule has 4 rings (SSSR count). The largest absolute Gasteiger partial charge is 0.573 e. The van der Waals surface area contributed by atoms with E-state index in [2.05, 4.69) is 40.5 Å². The lowest BCUT2D eigenvalue weighted by Gasteiger charge is -2.10. The fraction of sp³-hybridized carbons (Fsp3) is 0.0455. The molecule has 2 N–H and O–H groups in total. The van der Waals surface area contributed by atoms with Crippen LogP contribution in [0.1, 0.15) is 5.56 Å². The highest BCUT2D eigenvalue weighted by Gasteiger charge is 2.30. The van der Waals surface area contributed by atoms with Crippen LogP contribution in [-0.4, -0.2) is 32.5 Å². The molecule has 0 atom stereocenters. The van der Waals surface area contributed by atoms with Gasteiger partial charge >= 0.3 is 6.36 Å². The first-order valence-electron chi connectivity index (χ1n) is 9.90. The normalized spacial score (nSPS) is 11.5. The third-order valence-corrected chi connectivity index (χ3v) is 4.52. The van der Waals surface area contributed by atoms with Gasteiger partial charge in [-0.25, -0.2) is 19.2 Å². The van der Waals surface area contributed by atoms with Gasteiger partial charge in [0.05, 0.1) is 23.7 Å². The molecule has 0 amide bonds. The number of anilines is 3. The molecule has 0 fully saturated rings. The highest BCUT2D eigenvalue weighted by atomic mass is 35.5. The Morgan fingerprint density at radius 1 is 0.889 bits per heavy atom. The van der Waals surface area contributed by atoms with Crippen molar-refractivity contribution in [2.24, 2.45) is 5.10 Å². The number of pyridine rings is 1. The molecule has 0 saturated heterocycles. The summed E-state index contributed by atoms with van der Waals surface area (Å²) in [6.07, 6.45) is -2.15. The van der Waals surface area contributed by atoms with Gasteiger partial charge in [-0.15, -0.1) is 13.2 Å². The van der Waals surface area contributed by atoms with Gasteiger partial charge in [-0.2, -0.15) is 20.1 Å². The predicted octanol–water partition coefficient (Wildman–Crippen LogP) is 5.95. The van der Waals surface area contributed by atoms with E-state index in [4.69, 9.17) is 11.6 Å². The molecule has 0 aliphatic rings. The van der Waals surface area contributed by atoms with E-state index in [1.807, 2.05) is 0 Å². The molecule has 4 aromatic rings. The van der Waals surface area contributed by atoms with Gasteiger partial charge in [0.2, 0.25) is 11.9 Å². The van der Waals surface area contributed by atoms with Crippen molar-refractivity contribution in [3.63, 3.8) is 0 Å². The van der Waals surface area contributed by atoms with Crippen molar-refractivity contribution in [3.05, 3.63) is 83.1 Å². The van der Waals surface area contributed by atoms with E-state index in [1.54, 1.807) is 6.07 Å². The summed E-state index contributed by atoms with van der Waals surface area (Å²) in [4.78, 5) is 16.1. The fourth-order valence-corrected chi connectivity index (χ4v) is 2.92. The van der Waals surface area contributed by atoms with Crippen LogP contribution in [0.5, 0.6) is 5.75 Å². The van der Waals surface area contributed by atoms with Gasteiger partial charge in [-0.05, 0) is 54.1 Å². The van der Waals surface area contributed by atoms with Crippen LogP contribution in [0.4, 0.5) is 39.5 Å². The van der Waals surface area contributed by atoms with Crippen molar-refractivity contribution in [1.82, 2.24) is 19.9 Å². The molecule has 14 heteroatoms. The van der Waals surface area contributed by atoms with Gasteiger partial charge < -0.3 is 10.1 Å². The first-order chi connectivity index (χ1) is 17.2. The molecule has 2 aromatic carbocycles. The number of nitrogens with one attached hydrogen (secondary N) is 2. The molecule has 8 nitrogen and oxygen atoms in total. The first kappa shape index (κ1) is 24.7. The maximum atomic E-state index is 14.4. The summed E-state index contributed by atoms with van der Waals surface area (Å²) in [5.74, 6) is -2.77. The minimum atomic E-state index is -4.81. The molecule has 0 unspecified atom stereocenters. The first-order valence-corrected chi connectivity index (χ1v) is 10.3. The topological polar surface area (TPSA) is 97.2 Å². The number of halogens is 6. The Labute approximate surface area is 204 Å².